The highest BCUT2D eigenvalue weighted by molar-refractivity contribution is 5.70. The molecular formula is C17H20N2O4. The summed E-state index contributed by atoms with van der Waals surface area (Å²) < 4.78 is 5.42. The molecule has 6 heteroatoms. The third-order valence-corrected chi connectivity index (χ3v) is 3.68. The second-order valence-electron chi connectivity index (χ2n) is 6.47. The van der Waals surface area contributed by atoms with E-state index in [1.54, 1.807) is 26.8 Å². The monoisotopic (exact) mass is 316 g/mol. The van der Waals surface area contributed by atoms with Crippen molar-refractivity contribution in [3.8, 4) is 12.3 Å². The van der Waals surface area contributed by atoms with Crippen LogP contribution in [0.2, 0.25) is 0 Å². The Bertz CT molecular complexity index is 670. The summed E-state index contributed by atoms with van der Waals surface area (Å²) in [7, 11) is 0. The molecule has 1 aromatic rings. The SMILES string of the molecule is C#CCN(C(=O)OC(C)(C)C)C1CCc2c1cccc2[N+](=O)[O-]. The van der Waals surface area contributed by atoms with Gasteiger partial charge in [0.05, 0.1) is 17.5 Å². The first-order valence-corrected chi connectivity index (χ1v) is 7.44. The minimum absolute atomic E-state index is 0.0925. The topological polar surface area (TPSA) is 72.7 Å². The number of carbonyl (C=O) groups excluding carboxylic acids is 1. The quantitative estimate of drug-likeness (QED) is 0.486. The Labute approximate surface area is 135 Å². The zero-order valence-electron chi connectivity index (χ0n) is 13.5. The minimum Gasteiger partial charge on any atom is -0.444 e. The van der Waals surface area contributed by atoms with Crippen LogP contribution in [0.4, 0.5) is 10.5 Å². The Morgan fingerprint density at radius 1 is 1.52 bits per heavy atom. The maximum Gasteiger partial charge on any atom is 0.411 e. The molecule has 1 atom stereocenters. The molecule has 0 saturated heterocycles. The van der Waals surface area contributed by atoms with E-state index in [0.29, 0.717) is 18.4 Å². The van der Waals surface area contributed by atoms with Crippen LogP contribution in [0.15, 0.2) is 18.2 Å². The first-order chi connectivity index (χ1) is 10.7. The number of nitro benzene ring substituents is 1. The molecule has 122 valence electrons. The first kappa shape index (κ1) is 16.8. The third-order valence-electron chi connectivity index (χ3n) is 3.68. The zero-order chi connectivity index (χ0) is 17.2. The smallest absolute Gasteiger partial charge is 0.411 e. The van der Waals surface area contributed by atoms with Gasteiger partial charge in [0.15, 0.2) is 0 Å². The van der Waals surface area contributed by atoms with Crippen molar-refractivity contribution in [2.75, 3.05) is 6.54 Å². The van der Waals surface area contributed by atoms with Crippen LogP contribution in [0.1, 0.15) is 44.4 Å². The standard InChI is InChI=1S/C17H20N2O4/c1-5-11-18(16(20)23-17(2,3)4)14-10-9-13-12(14)7-6-8-15(13)19(21)22/h1,6-8,14H,9-11H2,2-4H3. The molecule has 2 rings (SSSR count). The molecule has 0 N–H and O–H groups in total. The van der Waals surface area contributed by atoms with Crippen LogP contribution in [0.5, 0.6) is 0 Å². The van der Waals surface area contributed by atoms with Crippen LogP contribution in [0.25, 0.3) is 0 Å². The molecule has 1 aliphatic carbocycles. The van der Waals surface area contributed by atoms with Crippen LogP contribution in [0.3, 0.4) is 0 Å². The molecular weight excluding hydrogens is 296 g/mol. The molecule has 1 aliphatic rings. The van der Waals surface area contributed by atoms with Crippen molar-refractivity contribution in [1.82, 2.24) is 4.90 Å². The fourth-order valence-electron chi connectivity index (χ4n) is 2.83. The number of ether oxygens (including phenoxy) is 1. The number of terminal acetylenes is 1. The molecule has 0 aromatic heterocycles. The van der Waals surface area contributed by atoms with Crippen LogP contribution in [-0.4, -0.2) is 28.1 Å². The predicted octanol–water partition coefficient (Wildman–Crippen LogP) is 3.45. The van der Waals surface area contributed by atoms with Crippen molar-refractivity contribution in [3.63, 3.8) is 0 Å². The van der Waals surface area contributed by atoms with E-state index in [9.17, 15) is 14.9 Å². The van der Waals surface area contributed by atoms with Gasteiger partial charge in [-0.3, -0.25) is 15.0 Å². The number of hydrogen-bond acceptors (Lipinski definition) is 4. The van der Waals surface area contributed by atoms with E-state index < -0.39 is 11.7 Å². The summed E-state index contributed by atoms with van der Waals surface area (Å²) in [6.45, 7) is 5.45. The fraction of sp³-hybridized carbons (Fsp3) is 0.471. The number of nitro groups is 1. The maximum absolute atomic E-state index is 12.4. The van der Waals surface area contributed by atoms with Crippen molar-refractivity contribution in [2.45, 2.75) is 45.3 Å². The molecule has 1 aromatic carbocycles. The van der Waals surface area contributed by atoms with Gasteiger partial charge in [-0.1, -0.05) is 18.1 Å². The van der Waals surface area contributed by atoms with E-state index in [2.05, 4.69) is 5.92 Å². The fourth-order valence-corrected chi connectivity index (χ4v) is 2.83. The Kier molecular flexibility index (Phi) is 4.60. The summed E-state index contributed by atoms with van der Waals surface area (Å²) in [5, 5.41) is 11.2. The lowest BCUT2D eigenvalue weighted by Crippen LogP contribution is -2.39. The summed E-state index contributed by atoms with van der Waals surface area (Å²) in [6.07, 6.45) is 6.03. The lowest BCUT2D eigenvalue weighted by atomic mass is 10.1. The number of rotatable bonds is 3. The van der Waals surface area contributed by atoms with Crippen LogP contribution in [0, 0.1) is 22.5 Å². The van der Waals surface area contributed by atoms with Gasteiger partial charge in [-0.25, -0.2) is 4.79 Å². The molecule has 1 unspecified atom stereocenters. The van der Waals surface area contributed by atoms with E-state index >= 15 is 0 Å². The number of carbonyl (C=O) groups is 1. The summed E-state index contributed by atoms with van der Waals surface area (Å²) in [5.41, 5.74) is 0.914. The highest BCUT2D eigenvalue weighted by Gasteiger charge is 2.36. The van der Waals surface area contributed by atoms with Gasteiger partial charge in [-0.05, 0) is 39.2 Å². The van der Waals surface area contributed by atoms with Gasteiger partial charge in [0.25, 0.3) is 5.69 Å². The molecule has 0 spiro atoms. The zero-order valence-corrected chi connectivity index (χ0v) is 13.5. The number of benzene rings is 1. The van der Waals surface area contributed by atoms with Crippen LogP contribution < -0.4 is 0 Å². The van der Waals surface area contributed by atoms with Crippen molar-refractivity contribution in [3.05, 3.63) is 39.4 Å². The molecule has 1 amide bonds. The molecule has 0 fully saturated rings. The average molecular weight is 316 g/mol. The summed E-state index contributed by atoms with van der Waals surface area (Å²) in [4.78, 5) is 24.7. The lowest BCUT2D eigenvalue weighted by Gasteiger charge is -2.30. The second-order valence-corrected chi connectivity index (χ2v) is 6.47. The summed E-state index contributed by atoms with van der Waals surface area (Å²) in [6, 6.07) is 4.64. The van der Waals surface area contributed by atoms with Crippen LogP contribution in [-0.2, 0) is 11.2 Å². The van der Waals surface area contributed by atoms with Crippen molar-refractivity contribution in [2.24, 2.45) is 0 Å². The van der Waals surface area contributed by atoms with Crippen molar-refractivity contribution in [1.29, 1.82) is 0 Å². The lowest BCUT2D eigenvalue weighted by molar-refractivity contribution is -0.385. The first-order valence-electron chi connectivity index (χ1n) is 7.44. The predicted molar refractivity (Wildman–Crippen MR) is 85.9 cm³/mol. The van der Waals surface area contributed by atoms with Gasteiger partial charge in [0.2, 0.25) is 0 Å². The van der Waals surface area contributed by atoms with Crippen molar-refractivity contribution < 1.29 is 14.5 Å². The highest BCUT2D eigenvalue weighted by Crippen LogP contribution is 2.40. The largest absolute Gasteiger partial charge is 0.444 e. The maximum atomic E-state index is 12.4. The van der Waals surface area contributed by atoms with E-state index in [1.165, 1.54) is 11.0 Å². The Morgan fingerprint density at radius 3 is 2.78 bits per heavy atom. The average Bonchev–Trinajstić information content (AvgIpc) is 2.86. The number of hydrogen-bond donors (Lipinski definition) is 0. The number of amides is 1. The van der Waals surface area contributed by atoms with E-state index in [0.717, 1.165) is 5.56 Å². The highest BCUT2D eigenvalue weighted by atomic mass is 16.6. The van der Waals surface area contributed by atoms with Gasteiger partial charge < -0.3 is 4.74 Å². The molecule has 6 nitrogen and oxygen atoms in total. The van der Waals surface area contributed by atoms with E-state index in [4.69, 9.17) is 11.2 Å². The number of nitrogens with zero attached hydrogens (tertiary/aromatic N) is 2. The van der Waals surface area contributed by atoms with Crippen molar-refractivity contribution >= 4 is 11.8 Å². The third kappa shape index (κ3) is 3.62. The minimum atomic E-state index is -0.631. The Balaban J connectivity index is 2.35. The number of fused-ring (bicyclic) bond motifs is 1. The van der Waals surface area contributed by atoms with Gasteiger partial charge in [-0.15, -0.1) is 6.42 Å². The van der Waals surface area contributed by atoms with Gasteiger partial charge in [0.1, 0.15) is 5.60 Å². The molecule has 0 aliphatic heterocycles. The van der Waals surface area contributed by atoms with Crippen LogP contribution >= 0.6 is 0 Å². The Hall–Kier alpha value is -2.55. The molecule has 23 heavy (non-hydrogen) atoms. The van der Waals surface area contributed by atoms with Gasteiger partial charge >= 0.3 is 6.09 Å². The molecule has 0 radical (unpaired) electrons. The van der Waals surface area contributed by atoms with E-state index in [-0.39, 0.29) is 23.2 Å². The second kappa shape index (κ2) is 6.29. The molecule has 0 heterocycles. The summed E-state index contributed by atoms with van der Waals surface area (Å²) in [5.74, 6) is 2.47. The van der Waals surface area contributed by atoms with E-state index in [1.807, 2.05) is 6.07 Å². The summed E-state index contributed by atoms with van der Waals surface area (Å²) >= 11 is 0. The Morgan fingerprint density at radius 2 is 2.22 bits per heavy atom. The molecule has 0 bridgehead atoms. The normalized spacial score (nSPS) is 16.3. The van der Waals surface area contributed by atoms with Gasteiger partial charge in [-0.2, -0.15) is 0 Å². The molecule has 0 saturated carbocycles. The van der Waals surface area contributed by atoms with Gasteiger partial charge in [0, 0.05) is 11.6 Å².